The fourth-order valence-electron chi connectivity index (χ4n) is 3.31. The van der Waals surface area contributed by atoms with Crippen LogP contribution in [0.25, 0.3) is 0 Å². The molecule has 2 N–H and O–H groups in total. The van der Waals surface area contributed by atoms with Crippen LogP contribution in [0.5, 0.6) is 0 Å². The van der Waals surface area contributed by atoms with E-state index in [-0.39, 0.29) is 5.54 Å². The van der Waals surface area contributed by atoms with Crippen LogP contribution < -0.4 is 5.73 Å². The van der Waals surface area contributed by atoms with Crippen LogP contribution in [0.4, 0.5) is 0 Å². The molecule has 0 aliphatic heterocycles. The Labute approximate surface area is 131 Å². The molecule has 21 heavy (non-hydrogen) atoms. The molecule has 0 bridgehead atoms. The maximum absolute atomic E-state index is 12.7. The molecule has 0 heterocycles. The highest BCUT2D eigenvalue weighted by Crippen LogP contribution is 2.29. The van der Waals surface area contributed by atoms with Gasteiger partial charge in [0.1, 0.15) is 0 Å². The molecule has 0 unspecified atom stereocenters. The van der Waals surface area contributed by atoms with Gasteiger partial charge in [0, 0.05) is 25.0 Å². The van der Waals surface area contributed by atoms with Crippen molar-refractivity contribution in [3.05, 3.63) is 0 Å². The van der Waals surface area contributed by atoms with Crippen LogP contribution in [0.1, 0.15) is 90.9 Å². The number of hydrogen-bond acceptors (Lipinski definition) is 2. The number of amides is 1. The third-order valence-corrected chi connectivity index (χ3v) is 4.77. The average Bonchev–Trinajstić information content (AvgIpc) is 2.46. The van der Waals surface area contributed by atoms with E-state index in [2.05, 4.69) is 18.7 Å². The number of hydrogen-bond donors (Lipinski definition) is 1. The Bertz CT molecular complexity index is 275. The molecular weight excluding hydrogens is 260 g/mol. The fraction of sp³-hybridized carbons (Fsp3) is 0.944. The molecule has 124 valence electrons. The predicted octanol–water partition coefficient (Wildman–Crippen LogP) is 4.25. The van der Waals surface area contributed by atoms with Crippen LogP contribution in [0.15, 0.2) is 0 Å². The van der Waals surface area contributed by atoms with Gasteiger partial charge < -0.3 is 10.6 Å². The SMILES string of the molecule is CCCCCN(CCCCC)C(=O)CC1(N)CCCCC1. The van der Waals surface area contributed by atoms with E-state index in [4.69, 9.17) is 5.73 Å². The van der Waals surface area contributed by atoms with E-state index in [1.165, 1.54) is 44.9 Å². The van der Waals surface area contributed by atoms with E-state index in [1.54, 1.807) is 0 Å². The minimum Gasteiger partial charge on any atom is -0.343 e. The zero-order valence-corrected chi connectivity index (χ0v) is 14.3. The van der Waals surface area contributed by atoms with E-state index in [9.17, 15) is 4.79 Å². The zero-order chi connectivity index (χ0) is 15.6. The van der Waals surface area contributed by atoms with Crippen LogP contribution in [0, 0.1) is 0 Å². The highest BCUT2D eigenvalue weighted by molar-refractivity contribution is 5.77. The summed E-state index contributed by atoms with van der Waals surface area (Å²) in [6.07, 6.45) is 13.4. The lowest BCUT2D eigenvalue weighted by Gasteiger charge is -2.35. The second-order valence-electron chi connectivity index (χ2n) is 6.89. The molecule has 0 atom stereocenters. The topological polar surface area (TPSA) is 46.3 Å². The number of rotatable bonds is 10. The number of carbonyl (C=O) groups excluding carboxylic acids is 1. The minimum absolute atomic E-state index is 0.219. The molecule has 0 radical (unpaired) electrons. The Morgan fingerprint density at radius 3 is 1.95 bits per heavy atom. The van der Waals surface area contributed by atoms with Crippen molar-refractivity contribution in [3.8, 4) is 0 Å². The molecule has 1 amide bonds. The van der Waals surface area contributed by atoms with Crippen molar-refractivity contribution in [2.45, 2.75) is 96.4 Å². The van der Waals surface area contributed by atoms with Crippen molar-refractivity contribution in [1.29, 1.82) is 0 Å². The Morgan fingerprint density at radius 2 is 1.48 bits per heavy atom. The number of nitrogens with two attached hydrogens (primary N) is 1. The summed E-state index contributed by atoms with van der Waals surface area (Å²) in [4.78, 5) is 14.7. The van der Waals surface area contributed by atoms with Crippen molar-refractivity contribution >= 4 is 5.91 Å². The van der Waals surface area contributed by atoms with Crippen LogP contribution in [-0.2, 0) is 4.79 Å². The van der Waals surface area contributed by atoms with E-state index in [0.29, 0.717) is 12.3 Å². The second-order valence-corrected chi connectivity index (χ2v) is 6.89. The molecule has 1 rings (SSSR count). The minimum atomic E-state index is -0.219. The molecular formula is C18H36N2O. The van der Waals surface area contributed by atoms with Gasteiger partial charge in [-0.15, -0.1) is 0 Å². The Morgan fingerprint density at radius 1 is 0.952 bits per heavy atom. The van der Waals surface area contributed by atoms with Gasteiger partial charge in [-0.2, -0.15) is 0 Å². The highest BCUT2D eigenvalue weighted by atomic mass is 16.2. The summed E-state index contributed by atoms with van der Waals surface area (Å²) in [6.45, 7) is 6.26. The number of carbonyl (C=O) groups is 1. The maximum Gasteiger partial charge on any atom is 0.224 e. The largest absolute Gasteiger partial charge is 0.343 e. The summed E-state index contributed by atoms with van der Waals surface area (Å²) >= 11 is 0. The van der Waals surface area contributed by atoms with E-state index >= 15 is 0 Å². The second kappa shape index (κ2) is 10.2. The molecule has 0 saturated heterocycles. The van der Waals surface area contributed by atoms with Crippen molar-refractivity contribution in [2.24, 2.45) is 5.73 Å². The lowest BCUT2D eigenvalue weighted by Crippen LogP contribution is -2.47. The molecule has 0 aromatic heterocycles. The van der Waals surface area contributed by atoms with Gasteiger partial charge in [0.25, 0.3) is 0 Å². The number of unbranched alkanes of at least 4 members (excludes halogenated alkanes) is 4. The van der Waals surface area contributed by atoms with E-state index in [0.717, 1.165) is 38.8 Å². The van der Waals surface area contributed by atoms with Gasteiger partial charge in [0.15, 0.2) is 0 Å². The average molecular weight is 296 g/mol. The molecule has 1 fully saturated rings. The molecule has 0 aromatic rings. The Hall–Kier alpha value is -0.570. The maximum atomic E-state index is 12.7. The molecule has 1 saturated carbocycles. The quantitative estimate of drug-likeness (QED) is 0.613. The molecule has 0 aromatic carbocycles. The van der Waals surface area contributed by atoms with E-state index in [1.807, 2.05) is 0 Å². The Kier molecular flexibility index (Phi) is 8.98. The monoisotopic (exact) mass is 296 g/mol. The first-order valence-corrected chi connectivity index (χ1v) is 9.18. The third-order valence-electron chi connectivity index (χ3n) is 4.77. The fourth-order valence-corrected chi connectivity index (χ4v) is 3.31. The number of nitrogens with zero attached hydrogens (tertiary/aromatic N) is 1. The summed E-state index contributed by atoms with van der Waals surface area (Å²) in [5.41, 5.74) is 6.24. The summed E-state index contributed by atoms with van der Waals surface area (Å²) in [7, 11) is 0. The smallest absolute Gasteiger partial charge is 0.224 e. The standard InChI is InChI=1S/C18H36N2O/c1-3-5-10-14-20(15-11-6-4-2)17(21)16-18(19)12-8-7-9-13-18/h3-16,19H2,1-2H3. The molecule has 1 aliphatic carbocycles. The molecule has 0 spiro atoms. The van der Waals surface area contributed by atoms with E-state index < -0.39 is 0 Å². The van der Waals surface area contributed by atoms with Gasteiger partial charge in [-0.1, -0.05) is 58.8 Å². The van der Waals surface area contributed by atoms with Crippen molar-refractivity contribution < 1.29 is 4.79 Å². The van der Waals surface area contributed by atoms with Crippen LogP contribution in [-0.4, -0.2) is 29.4 Å². The zero-order valence-electron chi connectivity index (χ0n) is 14.3. The highest BCUT2D eigenvalue weighted by Gasteiger charge is 2.31. The molecule has 1 aliphatic rings. The van der Waals surface area contributed by atoms with Crippen molar-refractivity contribution in [3.63, 3.8) is 0 Å². The first-order chi connectivity index (χ1) is 10.1. The van der Waals surface area contributed by atoms with Gasteiger partial charge in [-0.25, -0.2) is 0 Å². The first-order valence-electron chi connectivity index (χ1n) is 9.18. The van der Waals surface area contributed by atoms with Gasteiger partial charge in [0.2, 0.25) is 5.91 Å². The molecule has 3 nitrogen and oxygen atoms in total. The van der Waals surface area contributed by atoms with Gasteiger partial charge >= 0.3 is 0 Å². The summed E-state index contributed by atoms with van der Waals surface area (Å²) in [5, 5.41) is 0. The van der Waals surface area contributed by atoms with Crippen molar-refractivity contribution in [2.75, 3.05) is 13.1 Å². The Balaban J connectivity index is 2.47. The summed E-state index contributed by atoms with van der Waals surface area (Å²) in [5.74, 6) is 0.298. The lowest BCUT2D eigenvalue weighted by atomic mass is 9.80. The molecule has 3 heteroatoms. The normalized spacial score (nSPS) is 17.7. The lowest BCUT2D eigenvalue weighted by molar-refractivity contribution is -0.133. The van der Waals surface area contributed by atoms with Crippen LogP contribution >= 0.6 is 0 Å². The summed E-state index contributed by atoms with van der Waals surface area (Å²) in [6, 6.07) is 0. The van der Waals surface area contributed by atoms with Gasteiger partial charge in [-0.3, -0.25) is 4.79 Å². The third kappa shape index (κ3) is 7.30. The predicted molar refractivity (Wildman–Crippen MR) is 90.3 cm³/mol. The first kappa shape index (κ1) is 18.5. The van der Waals surface area contributed by atoms with Gasteiger partial charge in [0.05, 0.1) is 0 Å². The van der Waals surface area contributed by atoms with Crippen molar-refractivity contribution in [1.82, 2.24) is 4.90 Å². The van der Waals surface area contributed by atoms with Crippen LogP contribution in [0.3, 0.4) is 0 Å². The van der Waals surface area contributed by atoms with Crippen LogP contribution in [0.2, 0.25) is 0 Å². The van der Waals surface area contributed by atoms with Gasteiger partial charge in [-0.05, 0) is 25.7 Å². The summed E-state index contributed by atoms with van der Waals surface area (Å²) < 4.78 is 0.